The van der Waals surface area contributed by atoms with E-state index >= 15 is 0 Å². The number of nitrogens with zero attached hydrogens (tertiary/aromatic N) is 3. The number of benzene rings is 8. The third kappa shape index (κ3) is 6.83. The standard InChI is InChI=1S/C52H21B13N4.CH3B/c53-31-19-32(54)41(58)37(40(31)57)50(66)68-51(67-20-26-38(55)35(42(59)45(62)39(26)56)36-43(60)46(63)48(65)47(64)44(36)61)69-33-16-8-4-11-23(33)24-17-18-30-34(49(24)69)25-12-3-7-15-29(25)52(30)27-13-5-1-9-21(27)22-10-2-6-14-28(22)52;1-2/h1-20,66H;1H3/b66-50?,67-20+,68-51?;. The second-order valence-corrected chi connectivity index (χ2v) is 17.3. The number of fused-ring (bicyclic) bond motifs is 14. The number of nitrogens with one attached hydrogen (secondary N) is 1. The van der Waals surface area contributed by atoms with Crippen LogP contribution < -0.4 is 71.0 Å². The van der Waals surface area contributed by atoms with Gasteiger partial charge in [0, 0.05) is 28.1 Å². The van der Waals surface area contributed by atoms with Crippen LogP contribution in [0.5, 0.6) is 0 Å². The predicted octanol–water partition coefficient (Wildman–Crippen LogP) is -3.32. The highest BCUT2D eigenvalue weighted by molar-refractivity contribution is 6.71. The Kier molecular flexibility index (Phi) is 12.2. The molecule has 8 aromatic carbocycles. The average molecular weight is 868 g/mol. The molecule has 0 atom stereocenters. The molecule has 4 nitrogen and oxygen atoms in total. The molecule has 0 aliphatic heterocycles. The SMILES string of the molecule is [B]C.[B]c1cc([B])c([B])c(C(=N)N=C(/N=C/c2c([B])c([B])c([B])c(-c3c([B])c([B])c([B])c([B])c3[B])c2[B])n2c3ccccc3c3ccc4c(c32)-c2ccccc2C42c3ccccc3-c3ccccc32)c1[B]. The van der Waals surface area contributed by atoms with E-state index in [1.54, 1.807) is 0 Å². The fourth-order valence-corrected chi connectivity index (χ4v) is 10.6. The molecule has 1 spiro atoms. The second kappa shape index (κ2) is 18.0. The molecule has 11 rings (SSSR count). The lowest BCUT2D eigenvalue weighted by molar-refractivity contribution is 0.794. The molecule has 1 heterocycles. The van der Waals surface area contributed by atoms with Crippen molar-refractivity contribution in [3.8, 4) is 33.4 Å². The largest absolute Gasteiger partial charge is 0.282 e. The summed E-state index contributed by atoms with van der Waals surface area (Å²) in [5.74, 6) is -0.419. The summed E-state index contributed by atoms with van der Waals surface area (Å²) >= 11 is 0. The van der Waals surface area contributed by atoms with Gasteiger partial charge in [0.2, 0.25) is 5.96 Å². The van der Waals surface area contributed by atoms with Crippen molar-refractivity contribution in [3.05, 3.63) is 149 Å². The van der Waals surface area contributed by atoms with Gasteiger partial charge in [-0.25, -0.2) is 4.99 Å². The first-order chi connectivity index (χ1) is 34.1. The zero-order valence-corrected chi connectivity index (χ0v) is 38.5. The Morgan fingerprint density at radius 3 is 1.51 bits per heavy atom. The number of amidine groups is 1. The van der Waals surface area contributed by atoms with Gasteiger partial charge in [-0.1, -0.05) is 154 Å². The third-order valence-electron chi connectivity index (χ3n) is 13.9. The van der Waals surface area contributed by atoms with E-state index in [0.717, 1.165) is 60.8 Å². The van der Waals surface area contributed by atoms with Gasteiger partial charge in [-0.2, -0.15) is 4.99 Å². The Hall–Kier alpha value is -6.52. The predicted molar refractivity (Wildman–Crippen MR) is 313 cm³/mol. The molecule has 0 fully saturated rings. The van der Waals surface area contributed by atoms with E-state index in [9.17, 15) is 5.41 Å². The average Bonchev–Trinajstić information content (AvgIpc) is 3.99. The Morgan fingerprint density at radius 2 is 0.930 bits per heavy atom. The van der Waals surface area contributed by atoms with Gasteiger partial charge in [-0.3, -0.25) is 9.98 Å². The lowest BCUT2D eigenvalue weighted by Crippen LogP contribution is -2.57. The monoisotopic (exact) mass is 870 g/mol. The smallest absolute Gasteiger partial charge is 0.236 e. The molecule has 2 aliphatic rings. The maximum absolute atomic E-state index is 9.60. The van der Waals surface area contributed by atoms with Crippen LogP contribution in [0.25, 0.3) is 55.2 Å². The van der Waals surface area contributed by atoms with Crippen molar-refractivity contribution < 1.29 is 0 Å². The van der Waals surface area contributed by atoms with Gasteiger partial charge in [-0.15, -0.1) is 32.8 Å². The number of para-hydroxylation sites is 1. The fraction of sp³-hybridized carbons (Fsp3) is 0.0377. The second-order valence-electron chi connectivity index (χ2n) is 17.3. The van der Waals surface area contributed by atoms with E-state index in [0.29, 0.717) is 5.52 Å². The minimum atomic E-state index is -0.691. The molecule has 1 N–H and O–H groups in total. The Labute approximate surface area is 432 Å². The lowest BCUT2D eigenvalue weighted by Gasteiger charge is -2.30. The quantitative estimate of drug-likeness (QED) is 0.110. The first kappa shape index (κ1) is 48.1. The summed E-state index contributed by atoms with van der Waals surface area (Å²) in [6.45, 7) is 1.50. The highest BCUT2D eigenvalue weighted by Gasteiger charge is 2.52. The number of hydrogen-bond donors (Lipinski definition) is 1. The van der Waals surface area contributed by atoms with Crippen LogP contribution in [-0.4, -0.2) is 132 Å². The number of aliphatic imine (C=N–C) groups is 2. The van der Waals surface area contributed by atoms with Crippen LogP contribution in [0.4, 0.5) is 0 Å². The van der Waals surface area contributed by atoms with Crippen LogP contribution in [0.1, 0.15) is 33.4 Å². The Balaban J connectivity index is 0.00000287. The van der Waals surface area contributed by atoms with Gasteiger partial charge in [0.25, 0.3) is 0 Å². The molecule has 2 aliphatic carbocycles. The molecule has 0 amide bonds. The van der Waals surface area contributed by atoms with Crippen molar-refractivity contribution in [2.75, 3.05) is 0 Å². The highest BCUT2D eigenvalue weighted by atomic mass is 15.2. The summed E-state index contributed by atoms with van der Waals surface area (Å²) < 4.78 is 1.91. The van der Waals surface area contributed by atoms with Gasteiger partial charge in [0.1, 0.15) is 102 Å². The van der Waals surface area contributed by atoms with E-state index in [1.807, 2.05) is 34.9 Å². The van der Waals surface area contributed by atoms with E-state index in [2.05, 4.69) is 86.7 Å². The maximum Gasteiger partial charge on any atom is 0.236 e. The molecule has 18 heteroatoms. The van der Waals surface area contributed by atoms with Gasteiger partial charge in [0.15, 0.2) is 5.84 Å². The van der Waals surface area contributed by atoms with Crippen LogP contribution in [0, 0.1) is 5.41 Å². The van der Waals surface area contributed by atoms with Crippen LogP contribution in [0.15, 0.2) is 125 Å². The summed E-state index contributed by atoms with van der Waals surface area (Å²) in [6, 6.07) is 39.2. The van der Waals surface area contributed by atoms with Gasteiger partial charge >= 0.3 is 0 Å². The van der Waals surface area contributed by atoms with Crippen molar-refractivity contribution in [2.24, 2.45) is 9.98 Å². The third-order valence-corrected chi connectivity index (χ3v) is 13.9. The molecule has 298 valence electrons. The molecule has 28 radical (unpaired) electrons. The molecule has 0 bridgehead atoms. The maximum atomic E-state index is 9.60. The molecular formula is C53H24B14N4. The topological polar surface area (TPSA) is 53.5 Å². The summed E-state index contributed by atoms with van der Waals surface area (Å²) in [6.07, 6.45) is 1.38. The highest BCUT2D eigenvalue weighted by Crippen LogP contribution is 2.64. The van der Waals surface area contributed by atoms with Crippen LogP contribution in [0.2, 0.25) is 6.82 Å². The van der Waals surface area contributed by atoms with E-state index in [-0.39, 0.29) is 99.2 Å². The van der Waals surface area contributed by atoms with Gasteiger partial charge in [-0.05, 0) is 61.7 Å². The van der Waals surface area contributed by atoms with Crippen LogP contribution >= 0.6 is 0 Å². The molecule has 0 saturated carbocycles. The normalized spacial score (nSPS) is 13.0. The molecule has 9 aromatic rings. The first-order valence-corrected chi connectivity index (χ1v) is 22.3. The van der Waals surface area contributed by atoms with Crippen LogP contribution in [0.3, 0.4) is 0 Å². The number of hydrogen-bond acceptors (Lipinski definition) is 1. The van der Waals surface area contributed by atoms with Gasteiger partial charge < -0.3 is 0 Å². The van der Waals surface area contributed by atoms with E-state index in [4.69, 9.17) is 112 Å². The summed E-state index contributed by atoms with van der Waals surface area (Å²) in [4.78, 5) is 10.0. The summed E-state index contributed by atoms with van der Waals surface area (Å²) in [7, 11) is 89.1. The molecule has 0 unspecified atom stereocenters. The summed E-state index contributed by atoms with van der Waals surface area (Å²) in [5.41, 5.74) is 9.85. The van der Waals surface area contributed by atoms with Crippen molar-refractivity contribution in [1.29, 1.82) is 5.41 Å². The Morgan fingerprint density at radius 1 is 0.465 bits per heavy atom. The summed E-state index contributed by atoms with van der Waals surface area (Å²) in [5, 5.41) is 11.4. The van der Waals surface area contributed by atoms with Crippen LogP contribution in [-0.2, 0) is 5.41 Å². The van der Waals surface area contributed by atoms with Crippen molar-refractivity contribution in [3.63, 3.8) is 0 Å². The molecule has 71 heavy (non-hydrogen) atoms. The first-order valence-electron chi connectivity index (χ1n) is 22.3. The van der Waals surface area contributed by atoms with E-state index in [1.165, 1.54) is 19.1 Å². The number of aromatic nitrogens is 1. The lowest BCUT2D eigenvalue weighted by atomic mass is 9.56. The number of rotatable bonds is 3. The zero-order valence-electron chi connectivity index (χ0n) is 38.5. The van der Waals surface area contributed by atoms with Crippen molar-refractivity contribution >= 4 is 221 Å². The van der Waals surface area contributed by atoms with Gasteiger partial charge in [0.05, 0.1) is 24.3 Å². The zero-order chi connectivity index (χ0) is 50.5. The minimum Gasteiger partial charge on any atom is -0.282 e. The molecular weight excluding hydrogens is 844 g/mol. The Bertz CT molecular complexity index is 3780. The molecule has 0 saturated heterocycles. The van der Waals surface area contributed by atoms with E-state index < -0.39 is 11.3 Å². The molecule has 1 aromatic heterocycles. The minimum absolute atomic E-state index is 0.00449. The van der Waals surface area contributed by atoms with Crippen molar-refractivity contribution in [2.45, 2.75) is 12.2 Å². The fourth-order valence-electron chi connectivity index (χ4n) is 10.6. The van der Waals surface area contributed by atoms with Crippen molar-refractivity contribution in [1.82, 2.24) is 4.57 Å².